The van der Waals surface area contributed by atoms with Crippen molar-refractivity contribution in [2.75, 3.05) is 28.4 Å². The van der Waals surface area contributed by atoms with Crippen LogP contribution in [0.3, 0.4) is 0 Å². The summed E-state index contributed by atoms with van der Waals surface area (Å²) in [6.45, 7) is 6.43. The van der Waals surface area contributed by atoms with Crippen LogP contribution in [0.5, 0.6) is 34.5 Å². The standard InChI is InChI=1S/C14H11N3O5S.C12H7N3O5S.C9H9NO6.C4H2N2S/c1-21-11-6-8(5-10(17(19)20)13(11)22-2)12(18)9(7-15)14-16-3-4-23-14;13-5-7(12-14-1-2-21-12)10(17)6-3-8(15(19)20)11(18)9(16)4-6;1-15-7-4-5(9(11)12)3-6(10(13)14)8(7)16-2;1-5-4-6-2-3-7-4/h3-6,18H,1-2H3;1-4,16-18H;3-4H,1-2H3,(H,11,12);2-3H/b12-9-;10-7-;;. The number of allylic oxidation sites excluding steroid dienone is 2. The molecule has 0 spiro atoms. The molecular formula is C39H29N9O16S3. The van der Waals surface area contributed by atoms with Gasteiger partial charge >= 0.3 is 28.2 Å². The Balaban J connectivity index is 0.000000251. The first kappa shape index (κ1) is 51.9. The van der Waals surface area contributed by atoms with Gasteiger partial charge in [0.05, 0.1) is 48.8 Å². The van der Waals surface area contributed by atoms with Crippen LogP contribution in [0.15, 0.2) is 71.1 Å². The van der Waals surface area contributed by atoms with Gasteiger partial charge in [0.25, 0.3) is 0 Å². The topological polar surface area (TPSA) is 375 Å². The minimum absolute atomic E-state index is 0.00843. The van der Waals surface area contributed by atoms with Crippen molar-refractivity contribution in [3.8, 4) is 46.6 Å². The average molecular weight is 976 g/mol. The second-order valence-electron chi connectivity index (χ2n) is 11.7. The number of nitro groups is 3. The highest BCUT2D eigenvalue weighted by Gasteiger charge is 2.26. The Bertz CT molecular complexity index is 2960. The molecule has 0 fully saturated rings. The van der Waals surface area contributed by atoms with E-state index in [1.54, 1.807) is 28.4 Å². The maximum absolute atomic E-state index is 11.2. The molecule has 0 saturated heterocycles. The molecule has 28 heteroatoms. The van der Waals surface area contributed by atoms with Crippen molar-refractivity contribution in [3.63, 3.8) is 0 Å². The average Bonchev–Trinajstić information content (AvgIpc) is 4.16. The minimum atomic E-state index is -1.27. The third-order valence-electron chi connectivity index (χ3n) is 7.88. The van der Waals surface area contributed by atoms with E-state index < -0.39 is 55.1 Å². The number of hydrogen-bond donors (Lipinski definition) is 5. The lowest BCUT2D eigenvalue weighted by molar-refractivity contribution is -0.386. The summed E-state index contributed by atoms with van der Waals surface area (Å²) in [6, 6.07) is 9.93. The van der Waals surface area contributed by atoms with Crippen molar-refractivity contribution >= 4 is 84.8 Å². The number of benzene rings is 3. The lowest BCUT2D eigenvalue weighted by Crippen LogP contribution is -2.02. The molecule has 0 saturated carbocycles. The summed E-state index contributed by atoms with van der Waals surface area (Å²) in [6.07, 6.45) is 4.54. The van der Waals surface area contributed by atoms with Crippen LogP contribution in [0, 0.1) is 59.6 Å². The number of thiazole rings is 3. The van der Waals surface area contributed by atoms with Crippen molar-refractivity contribution in [2.45, 2.75) is 0 Å². The van der Waals surface area contributed by atoms with E-state index in [9.17, 15) is 60.8 Å². The molecule has 0 amide bonds. The van der Waals surface area contributed by atoms with Crippen LogP contribution in [0.4, 0.5) is 22.2 Å². The maximum atomic E-state index is 11.2. The lowest BCUT2D eigenvalue weighted by atomic mass is 10.1. The minimum Gasteiger partial charge on any atom is -0.506 e. The molecule has 6 rings (SSSR count). The number of aromatic nitrogens is 3. The van der Waals surface area contributed by atoms with Crippen LogP contribution >= 0.6 is 34.0 Å². The second kappa shape index (κ2) is 24.4. The number of aromatic carboxylic acids is 1. The number of aromatic hydroxyl groups is 2. The zero-order valence-electron chi connectivity index (χ0n) is 34.4. The van der Waals surface area contributed by atoms with Gasteiger partial charge in [0.15, 0.2) is 17.2 Å². The van der Waals surface area contributed by atoms with Gasteiger partial charge in [-0.25, -0.2) is 14.8 Å². The Morgan fingerprint density at radius 2 is 1.04 bits per heavy atom. The van der Waals surface area contributed by atoms with Gasteiger partial charge in [-0.15, -0.1) is 39.0 Å². The van der Waals surface area contributed by atoms with Gasteiger partial charge < -0.3 is 49.3 Å². The van der Waals surface area contributed by atoms with Crippen LogP contribution in [0.1, 0.15) is 31.5 Å². The van der Waals surface area contributed by atoms with Crippen molar-refractivity contribution < 1.29 is 64.0 Å². The number of rotatable bonds is 12. The van der Waals surface area contributed by atoms with Crippen molar-refractivity contribution in [1.82, 2.24) is 15.0 Å². The number of aliphatic hydroxyl groups is 2. The molecule has 25 nitrogen and oxygen atoms in total. The van der Waals surface area contributed by atoms with E-state index in [0.29, 0.717) is 10.1 Å². The predicted molar refractivity (Wildman–Crippen MR) is 239 cm³/mol. The number of methoxy groups -OCH3 is 4. The number of nitriles is 2. The van der Waals surface area contributed by atoms with Gasteiger partial charge in [-0.2, -0.15) is 10.5 Å². The van der Waals surface area contributed by atoms with E-state index in [1.807, 2.05) is 6.07 Å². The number of ether oxygens (including phenoxy) is 4. The fourth-order valence-electron chi connectivity index (χ4n) is 4.96. The molecule has 0 aliphatic heterocycles. The number of nitrogens with zero attached hydrogens (tertiary/aromatic N) is 9. The van der Waals surface area contributed by atoms with E-state index in [2.05, 4.69) is 19.8 Å². The number of phenols is 2. The number of carboxylic acids is 1. The number of phenolic OH excluding ortho intramolecular Hbond substituents is 2. The molecule has 0 aliphatic rings. The first-order valence-corrected chi connectivity index (χ1v) is 20.1. The third-order valence-corrected chi connectivity index (χ3v) is 10.1. The summed E-state index contributed by atoms with van der Waals surface area (Å²) in [4.78, 5) is 55.7. The van der Waals surface area contributed by atoms with Gasteiger partial charge in [-0.3, -0.25) is 30.3 Å². The van der Waals surface area contributed by atoms with E-state index in [0.717, 1.165) is 41.7 Å². The summed E-state index contributed by atoms with van der Waals surface area (Å²) < 4.78 is 19.7. The van der Waals surface area contributed by atoms with Crippen molar-refractivity contribution in [3.05, 3.63) is 140 Å². The zero-order valence-corrected chi connectivity index (χ0v) is 36.9. The fourth-order valence-corrected chi connectivity index (χ4v) is 6.64. The normalized spacial score (nSPS) is 10.6. The largest absolute Gasteiger partial charge is 0.506 e. The third kappa shape index (κ3) is 13.1. The van der Waals surface area contributed by atoms with Gasteiger partial charge in [0, 0.05) is 57.9 Å². The molecule has 3 aromatic heterocycles. The van der Waals surface area contributed by atoms with Gasteiger partial charge in [0.1, 0.15) is 51.0 Å². The molecule has 67 heavy (non-hydrogen) atoms. The summed E-state index contributed by atoms with van der Waals surface area (Å²) in [7, 11) is 5.10. The first-order valence-electron chi connectivity index (χ1n) is 17.4. The van der Waals surface area contributed by atoms with E-state index in [-0.39, 0.29) is 61.5 Å². The molecule has 0 atom stereocenters. The molecule has 5 N–H and O–H groups in total. The fraction of sp³-hybridized carbons (Fsp3) is 0.103. The van der Waals surface area contributed by atoms with Crippen LogP contribution in [-0.2, 0) is 0 Å². The predicted octanol–water partition coefficient (Wildman–Crippen LogP) is 8.43. The summed E-state index contributed by atoms with van der Waals surface area (Å²) >= 11 is 3.62. The summed E-state index contributed by atoms with van der Waals surface area (Å²) in [5.41, 5.74) is -2.24. The van der Waals surface area contributed by atoms with Crippen LogP contribution in [0.2, 0.25) is 0 Å². The van der Waals surface area contributed by atoms with Gasteiger partial charge in [-0.1, -0.05) is 6.57 Å². The first-order chi connectivity index (χ1) is 31.9. The SMILES string of the molecule is COc1cc(/C(O)=C(\C#N)c2nccs2)cc([N+](=O)[O-])c1OC.COc1cc(C(=O)O)cc([N+](=O)[O-])c1OC.N#C/C(=C(/O)c1cc(O)c(O)c([N+](=O)[O-])c1)c1nccs1.[C-]#[N+]c1nccs1. The Morgan fingerprint density at radius 3 is 1.37 bits per heavy atom. The van der Waals surface area contributed by atoms with Gasteiger partial charge in [-0.05, 0) is 18.2 Å². The monoisotopic (exact) mass is 975 g/mol. The zero-order chi connectivity index (χ0) is 50.0. The second-order valence-corrected chi connectivity index (χ2v) is 14.3. The number of nitro benzene ring substituents is 3. The Kier molecular flexibility index (Phi) is 18.9. The molecule has 0 bridgehead atoms. The molecule has 3 aromatic carbocycles. The smallest absolute Gasteiger partial charge is 0.336 e. The highest BCUT2D eigenvalue weighted by atomic mass is 32.1. The van der Waals surface area contributed by atoms with Gasteiger partial charge in [0.2, 0.25) is 17.2 Å². The summed E-state index contributed by atoms with van der Waals surface area (Å²) in [5.74, 6) is -4.05. The number of hydrogen-bond acceptors (Lipinski definition) is 23. The Labute approximate surface area is 387 Å². The highest BCUT2D eigenvalue weighted by molar-refractivity contribution is 7.13. The number of aliphatic hydroxyl groups excluding tert-OH is 2. The molecule has 344 valence electrons. The lowest BCUT2D eigenvalue weighted by Gasteiger charge is -2.10. The Morgan fingerprint density at radius 1 is 0.642 bits per heavy atom. The molecule has 0 radical (unpaired) electrons. The van der Waals surface area contributed by atoms with E-state index in [1.165, 1.54) is 69.6 Å². The van der Waals surface area contributed by atoms with Crippen LogP contribution < -0.4 is 18.9 Å². The quantitative estimate of drug-likeness (QED) is 0.0192. The van der Waals surface area contributed by atoms with Crippen molar-refractivity contribution in [1.29, 1.82) is 10.5 Å². The molecule has 6 aromatic rings. The van der Waals surface area contributed by atoms with Crippen molar-refractivity contribution in [2.24, 2.45) is 0 Å². The highest BCUT2D eigenvalue weighted by Crippen LogP contribution is 2.42. The van der Waals surface area contributed by atoms with Crippen LogP contribution in [-0.4, -0.2) is 89.7 Å². The maximum Gasteiger partial charge on any atom is 0.336 e. The number of carboxylic acid groups (broad SMARTS) is 1. The van der Waals surface area contributed by atoms with E-state index in [4.69, 9.17) is 35.9 Å². The van der Waals surface area contributed by atoms with Crippen LogP contribution in [0.25, 0.3) is 27.5 Å². The van der Waals surface area contributed by atoms with E-state index >= 15 is 0 Å². The molecule has 0 aliphatic carbocycles. The molecule has 0 unspecified atom stereocenters. The number of carbonyl (C=O) groups is 1. The molecular weight excluding hydrogens is 947 g/mol. The molecule has 3 heterocycles. The summed E-state index contributed by atoms with van der Waals surface area (Å²) in [5, 5.41) is 105. The Hall–Kier alpha value is -9.43.